The Morgan fingerprint density at radius 1 is 1.14 bits per heavy atom. The summed E-state index contributed by atoms with van der Waals surface area (Å²) in [4.78, 5) is 12.3. The Morgan fingerprint density at radius 3 is 2.45 bits per heavy atom. The molecule has 0 aromatic heterocycles. The average Bonchev–Trinajstić information content (AvgIpc) is 3.25. The number of aliphatic hydroxyl groups excluding tert-OH is 1. The number of nitrogens with two attached hydrogens (primary N) is 1. The number of nitrogens with one attached hydrogen (secondary N) is 1. The van der Waals surface area contributed by atoms with Crippen LogP contribution in [0.2, 0.25) is 5.02 Å². The molecule has 12 heteroatoms. The number of methoxy groups -OCH3 is 1. The number of benzene rings is 3. The van der Waals surface area contributed by atoms with Crippen molar-refractivity contribution in [2.45, 2.75) is 56.1 Å². The molecule has 2 aliphatic rings. The number of fused-ring (bicyclic) bond motifs is 1. The monoisotopic (exact) mass is 608 g/mol. The zero-order valence-electron chi connectivity index (χ0n) is 22.5. The largest absolute Gasteiger partial charge is 0.478 e. The third-order valence-electron chi connectivity index (χ3n) is 7.99. The summed E-state index contributed by atoms with van der Waals surface area (Å²) in [7, 11) is 1.67. The van der Waals surface area contributed by atoms with Gasteiger partial charge in [-0.3, -0.25) is 4.79 Å². The van der Waals surface area contributed by atoms with Crippen molar-refractivity contribution in [1.29, 1.82) is 0 Å². The molecule has 1 aliphatic heterocycles. The SMILES string of the molecule is COC1CCC(NC[C@]2(c3ccccc3)Oc3cc(F)c(Cl)c(-c4c(C(N)=O)ccc(OC(F)F)c4F)c3[C@@H]2O)CC1. The van der Waals surface area contributed by atoms with Gasteiger partial charge in [-0.1, -0.05) is 41.9 Å². The molecule has 1 saturated carbocycles. The second-order valence-electron chi connectivity index (χ2n) is 10.4. The zero-order valence-corrected chi connectivity index (χ0v) is 23.3. The third-order valence-corrected chi connectivity index (χ3v) is 8.36. The van der Waals surface area contributed by atoms with Crippen LogP contribution >= 0.6 is 11.6 Å². The molecule has 5 rings (SSSR count). The summed E-state index contributed by atoms with van der Waals surface area (Å²) in [6, 6.07) is 11.5. The smallest absolute Gasteiger partial charge is 0.387 e. The molecule has 4 N–H and O–H groups in total. The molecule has 2 atom stereocenters. The fraction of sp³-hybridized carbons (Fsp3) is 0.367. The highest BCUT2D eigenvalue weighted by Gasteiger charge is 2.52. The Balaban J connectivity index is 1.65. The van der Waals surface area contributed by atoms with Crippen LogP contribution in [0.4, 0.5) is 17.6 Å². The molecular formula is C30H29ClF4N2O5. The van der Waals surface area contributed by atoms with E-state index in [1.807, 2.05) is 0 Å². The lowest BCUT2D eigenvalue weighted by molar-refractivity contribution is -0.0521. The van der Waals surface area contributed by atoms with Crippen molar-refractivity contribution < 1.29 is 41.7 Å². The Kier molecular flexibility index (Phi) is 8.66. The van der Waals surface area contributed by atoms with E-state index in [0.29, 0.717) is 5.56 Å². The van der Waals surface area contributed by atoms with Gasteiger partial charge in [0.25, 0.3) is 0 Å². The maximum Gasteiger partial charge on any atom is 0.387 e. The summed E-state index contributed by atoms with van der Waals surface area (Å²) in [6.45, 7) is -3.33. The number of halogens is 5. The molecule has 42 heavy (non-hydrogen) atoms. The highest BCUT2D eigenvalue weighted by Crippen LogP contribution is 2.55. The quantitative estimate of drug-likeness (QED) is 0.263. The van der Waals surface area contributed by atoms with Gasteiger partial charge >= 0.3 is 6.61 Å². The van der Waals surface area contributed by atoms with E-state index < -0.39 is 63.3 Å². The van der Waals surface area contributed by atoms with Gasteiger partial charge in [-0.05, 0) is 43.4 Å². The molecular weight excluding hydrogens is 580 g/mol. The van der Waals surface area contributed by atoms with Crippen molar-refractivity contribution in [3.63, 3.8) is 0 Å². The zero-order chi connectivity index (χ0) is 30.2. The minimum Gasteiger partial charge on any atom is -0.478 e. The van der Waals surface area contributed by atoms with E-state index in [0.717, 1.165) is 43.9 Å². The van der Waals surface area contributed by atoms with Crippen LogP contribution in [0.1, 0.15) is 53.3 Å². The second-order valence-corrected chi connectivity index (χ2v) is 10.7. The number of alkyl halides is 2. The van der Waals surface area contributed by atoms with Crippen molar-refractivity contribution in [2.24, 2.45) is 5.73 Å². The van der Waals surface area contributed by atoms with Crippen molar-refractivity contribution in [3.05, 3.63) is 81.9 Å². The third kappa shape index (κ3) is 5.42. The number of ether oxygens (including phenoxy) is 3. The molecule has 0 bridgehead atoms. The van der Waals surface area contributed by atoms with Gasteiger partial charge in [0.1, 0.15) is 17.7 Å². The van der Waals surface area contributed by atoms with Gasteiger partial charge in [0.15, 0.2) is 17.2 Å². The van der Waals surface area contributed by atoms with Crippen LogP contribution in [-0.2, 0) is 10.3 Å². The van der Waals surface area contributed by atoms with Gasteiger partial charge in [-0.2, -0.15) is 8.78 Å². The normalized spacial score (nSPS) is 23.5. The molecule has 1 aliphatic carbocycles. The van der Waals surface area contributed by atoms with Gasteiger partial charge in [0.05, 0.1) is 16.7 Å². The fourth-order valence-electron chi connectivity index (χ4n) is 5.87. The standard InChI is InChI=1S/C30H29ClF4N2O5/c1-40-17-9-7-16(8-10-17)37-14-30(15-5-3-2-4-6-15)27(38)23-21(42-30)13-19(32)25(31)24(23)22-18(28(36)39)11-12-20(26(22)33)41-29(34)35/h2-6,11-13,16-17,27,29,37-38H,7-10,14H2,1H3,(H2,36,39)/t16?,17?,27-,30+/m0/s1. The predicted octanol–water partition coefficient (Wildman–Crippen LogP) is 5.85. The summed E-state index contributed by atoms with van der Waals surface area (Å²) in [6.07, 6.45) is 1.88. The summed E-state index contributed by atoms with van der Waals surface area (Å²) in [5.74, 6) is -4.71. The summed E-state index contributed by atoms with van der Waals surface area (Å²) in [5.41, 5.74) is 2.72. The van der Waals surface area contributed by atoms with Crippen LogP contribution in [0, 0.1) is 11.6 Å². The number of hydrogen-bond donors (Lipinski definition) is 3. The molecule has 0 spiro atoms. The van der Waals surface area contributed by atoms with Gasteiger partial charge in [0.2, 0.25) is 5.91 Å². The van der Waals surface area contributed by atoms with Crippen LogP contribution in [0.3, 0.4) is 0 Å². The summed E-state index contributed by atoms with van der Waals surface area (Å²) in [5, 5.41) is 14.8. The van der Waals surface area contributed by atoms with Gasteiger partial charge < -0.3 is 30.4 Å². The van der Waals surface area contributed by atoms with Crippen molar-refractivity contribution in [3.8, 4) is 22.6 Å². The molecule has 1 amide bonds. The molecule has 1 heterocycles. The molecule has 224 valence electrons. The predicted molar refractivity (Wildman–Crippen MR) is 147 cm³/mol. The lowest BCUT2D eigenvalue weighted by Crippen LogP contribution is -2.48. The number of amides is 1. The molecule has 0 radical (unpaired) electrons. The minimum atomic E-state index is -3.40. The minimum absolute atomic E-state index is 0.0630. The molecule has 0 unspecified atom stereocenters. The number of carbonyl (C=O) groups is 1. The maximum atomic E-state index is 15.8. The Labute approximate surface area is 244 Å². The van der Waals surface area contributed by atoms with E-state index in [9.17, 15) is 18.7 Å². The van der Waals surface area contributed by atoms with Crippen LogP contribution < -0.4 is 20.5 Å². The van der Waals surface area contributed by atoms with Crippen molar-refractivity contribution in [1.82, 2.24) is 5.32 Å². The Bertz CT molecular complexity index is 1470. The molecule has 7 nitrogen and oxygen atoms in total. The number of hydrogen-bond acceptors (Lipinski definition) is 6. The van der Waals surface area contributed by atoms with Gasteiger partial charge in [-0.25, -0.2) is 8.78 Å². The molecule has 3 aromatic carbocycles. The van der Waals surface area contributed by atoms with Crippen LogP contribution in [0.5, 0.6) is 11.5 Å². The van der Waals surface area contributed by atoms with Crippen LogP contribution in [-0.4, -0.2) is 43.4 Å². The maximum absolute atomic E-state index is 15.8. The topological polar surface area (TPSA) is 103 Å². The first kappa shape index (κ1) is 30.1. The van der Waals surface area contributed by atoms with Gasteiger partial charge in [0, 0.05) is 42.5 Å². The number of rotatable bonds is 9. The van der Waals surface area contributed by atoms with E-state index in [-0.39, 0.29) is 30.0 Å². The summed E-state index contributed by atoms with van der Waals surface area (Å²) >= 11 is 6.37. The van der Waals surface area contributed by atoms with Crippen molar-refractivity contribution >= 4 is 17.5 Å². The van der Waals surface area contributed by atoms with Crippen LogP contribution in [0.25, 0.3) is 11.1 Å². The number of aliphatic hydroxyl groups is 1. The second kappa shape index (κ2) is 12.1. The Hall–Kier alpha value is -3.38. The first-order valence-corrected chi connectivity index (χ1v) is 13.7. The lowest BCUT2D eigenvalue weighted by atomic mass is 9.82. The van der Waals surface area contributed by atoms with Crippen LogP contribution in [0.15, 0.2) is 48.5 Å². The van der Waals surface area contributed by atoms with Crippen molar-refractivity contribution in [2.75, 3.05) is 13.7 Å². The van der Waals surface area contributed by atoms with Gasteiger partial charge in [-0.15, -0.1) is 0 Å². The van der Waals surface area contributed by atoms with E-state index in [4.69, 9.17) is 26.8 Å². The lowest BCUT2D eigenvalue weighted by Gasteiger charge is -2.36. The first-order valence-electron chi connectivity index (χ1n) is 13.4. The Morgan fingerprint density at radius 2 is 1.83 bits per heavy atom. The average molecular weight is 609 g/mol. The fourth-order valence-corrected chi connectivity index (χ4v) is 6.12. The first-order chi connectivity index (χ1) is 20.1. The number of primary amides is 1. The van der Waals surface area contributed by atoms with E-state index in [1.165, 1.54) is 0 Å². The molecule has 0 saturated heterocycles. The summed E-state index contributed by atoms with van der Waals surface area (Å²) < 4.78 is 73.3. The molecule has 1 fully saturated rings. The van der Waals surface area contributed by atoms with E-state index in [2.05, 4.69) is 10.1 Å². The van der Waals surface area contributed by atoms with E-state index >= 15 is 8.78 Å². The molecule has 3 aromatic rings. The highest BCUT2D eigenvalue weighted by atomic mass is 35.5. The highest BCUT2D eigenvalue weighted by molar-refractivity contribution is 6.34. The number of carbonyl (C=O) groups excluding carboxylic acids is 1. The van der Waals surface area contributed by atoms with E-state index in [1.54, 1.807) is 37.4 Å².